The Morgan fingerprint density at radius 3 is 2.74 bits per heavy atom. The molecule has 1 N–H and O–H groups in total. The Balaban J connectivity index is 1.52. The van der Waals surface area contributed by atoms with Gasteiger partial charge in [-0.2, -0.15) is 0 Å². The van der Waals surface area contributed by atoms with Gasteiger partial charge in [-0.15, -0.1) is 0 Å². The lowest BCUT2D eigenvalue weighted by Gasteiger charge is -2.28. The van der Waals surface area contributed by atoms with Crippen LogP contribution in [0.3, 0.4) is 0 Å². The molecule has 3 aromatic carbocycles. The summed E-state index contributed by atoms with van der Waals surface area (Å²) in [6.45, 7) is 1.99. The van der Waals surface area contributed by atoms with Crippen LogP contribution in [0.4, 0.5) is 0 Å². The van der Waals surface area contributed by atoms with Crippen molar-refractivity contribution in [2.24, 2.45) is 0 Å². The molecule has 4 rings (SSSR count). The van der Waals surface area contributed by atoms with E-state index in [1.807, 2.05) is 43.3 Å². The Hall–Kier alpha value is -2.81. The number of rotatable bonds is 5. The van der Waals surface area contributed by atoms with Gasteiger partial charge in [-0.25, -0.2) is 0 Å². The molecule has 0 heterocycles. The Kier molecular flexibility index (Phi) is 5.10. The minimum absolute atomic E-state index is 0.0351. The normalized spacial score (nSPS) is 17.1. The molecule has 0 spiro atoms. The third-order valence-electron chi connectivity index (χ3n) is 5.37. The molecule has 0 aliphatic heterocycles. The standard InChI is InChI=1S/C24H25NO2/c1-2-22(27-23-16-8-12-18-10-4-6-14-20(18)23)24(26)25-21-15-7-11-17-9-3-5-13-19(17)21/h3-6,8-10,12-14,16,21-22H,2,7,11,15H2,1H3,(H,25,26)/t21-,22+/m0/s1. The monoisotopic (exact) mass is 359 g/mol. The lowest BCUT2D eigenvalue weighted by Crippen LogP contribution is -2.41. The number of hydrogen-bond acceptors (Lipinski definition) is 2. The lowest BCUT2D eigenvalue weighted by molar-refractivity contribution is -0.129. The van der Waals surface area contributed by atoms with Gasteiger partial charge >= 0.3 is 0 Å². The lowest BCUT2D eigenvalue weighted by atomic mass is 9.87. The maximum atomic E-state index is 13.0. The molecule has 3 aromatic rings. The zero-order valence-corrected chi connectivity index (χ0v) is 15.7. The zero-order valence-electron chi connectivity index (χ0n) is 15.7. The van der Waals surface area contributed by atoms with E-state index in [0.29, 0.717) is 6.42 Å². The van der Waals surface area contributed by atoms with Crippen molar-refractivity contribution in [2.45, 2.75) is 44.8 Å². The maximum absolute atomic E-state index is 13.0. The molecule has 2 atom stereocenters. The van der Waals surface area contributed by atoms with Crippen molar-refractivity contribution < 1.29 is 9.53 Å². The van der Waals surface area contributed by atoms with E-state index < -0.39 is 6.10 Å². The van der Waals surface area contributed by atoms with Gasteiger partial charge in [-0.05, 0) is 48.3 Å². The van der Waals surface area contributed by atoms with Gasteiger partial charge in [0.15, 0.2) is 6.10 Å². The first kappa shape index (κ1) is 17.6. The smallest absolute Gasteiger partial charge is 0.261 e. The molecule has 1 amide bonds. The highest BCUT2D eigenvalue weighted by Crippen LogP contribution is 2.30. The molecule has 138 valence electrons. The summed E-state index contributed by atoms with van der Waals surface area (Å²) in [5, 5.41) is 5.38. The number of carbonyl (C=O) groups excluding carboxylic acids is 1. The van der Waals surface area contributed by atoms with Crippen molar-refractivity contribution >= 4 is 16.7 Å². The predicted octanol–water partition coefficient (Wildman–Crippen LogP) is 5.19. The summed E-state index contributed by atoms with van der Waals surface area (Å²) in [5.74, 6) is 0.728. The number of aryl methyl sites for hydroxylation is 1. The van der Waals surface area contributed by atoms with E-state index in [9.17, 15) is 4.79 Å². The molecule has 27 heavy (non-hydrogen) atoms. The van der Waals surface area contributed by atoms with E-state index >= 15 is 0 Å². The summed E-state index contributed by atoms with van der Waals surface area (Å²) >= 11 is 0. The van der Waals surface area contributed by atoms with Crippen molar-refractivity contribution in [1.82, 2.24) is 5.32 Å². The van der Waals surface area contributed by atoms with Crippen molar-refractivity contribution in [1.29, 1.82) is 0 Å². The number of ether oxygens (including phenoxy) is 1. The second-order valence-corrected chi connectivity index (χ2v) is 7.14. The molecule has 0 radical (unpaired) electrons. The van der Waals surface area contributed by atoms with Crippen molar-refractivity contribution in [2.75, 3.05) is 0 Å². The first-order valence-electron chi connectivity index (χ1n) is 9.79. The second-order valence-electron chi connectivity index (χ2n) is 7.14. The summed E-state index contributed by atoms with van der Waals surface area (Å²) in [6.07, 6.45) is 3.30. The third kappa shape index (κ3) is 3.68. The fourth-order valence-corrected chi connectivity index (χ4v) is 3.94. The zero-order chi connectivity index (χ0) is 18.6. The average Bonchev–Trinajstić information content (AvgIpc) is 2.72. The third-order valence-corrected chi connectivity index (χ3v) is 5.37. The minimum atomic E-state index is -0.495. The Morgan fingerprint density at radius 2 is 1.85 bits per heavy atom. The molecule has 0 fully saturated rings. The number of nitrogens with one attached hydrogen (secondary N) is 1. The van der Waals surface area contributed by atoms with E-state index in [1.165, 1.54) is 11.1 Å². The fourth-order valence-electron chi connectivity index (χ4n) is 3.94. The van der Waals surface area contributed by atoms with Gasteiger partial charge in [-0.1, -0.05) is 67.6 Å². The number of benzene rings is 3. The van der Waals surface area contributed by atoms with Gasteiger partial charge in [0.25, 0.3) is 5.91 Å². The molecule has 1 aliphatic carbocycles. The van der Waals surface area contributed by atoms with Crippen LogP contribution in [-0.2, 0) is 11.2 Å². The van der Waals surface area contributed by atoms with Crippen molar-refractivity contribution in [3.8, 4) is 5.75 Å². The largest absolute Gasteiger partial charge is 0.480 e. The molecular weight excluding hydrogens is 334 g/mol. The Bertz CT molecular complexity index is 945. The van der Waals surface area contributed by atoms with Crippen LogP contribution in [0.2, 0.25) is 0 Å². The number of carbonyl (C=O) groups is 1. The fraction of sp³-hybridized carbons (Fsp3) is 0.292. The summed E-state index contributed by atoms with van der Waals surface area (Å²) in [6, 6.07) is 22.6. The van der Waals surface area contributed by atoms with E-state index in [-0.39, 0.29) is 11.9 Å². The first-order chi connectivity index (χ1) is 13.3. The summed E-state index contributed by atoms with van der Waals surface area (Å²) in [5.41, 5.74) is 2.59. The molecule has 3 nitrogen and oxygen atoms in total. The van der Waals surface area contributed by atoms with E-state index in [0.717, 1.165) is 35.8 Å². The first-order valence-corrected chi connectivity index (χ1v) is 9.79. The molecule has 0 unspecified atom stereocenters. The van der Waals surface area contributed by atoms with Gasteiger partial charge in [0.1, 0.15) is 5.75 Å². The maximum Gasteiger partial charge on any atom is 0.261 e. The van der Waals surface area contributed by atoms with Gasteiger partial charge in [-0.3, -0.25) is 4.79 Å². The minimum Gasteiger partial charge on any atom is -0.480 e. The Morgan fingerprint density at radius 1 is 1.07 bits per heavy atom. The van der Waals surface area contributed by atoms with Crippen molar-refractivity contribution in [3.05, 3.63) is 77.9 Å². The van der Waals surface area contributed by atoms with Crippen LogP contribution in [-0.4, -0.2) is 12.0 Å². The summed E-state index contributed by atoms with van der Waals surface area (Å²) in [4.78, 5) is 13.0. The quantitative estimate of drug-likeness (QED) is 0.681. The molecular formula is C24H25NO2. The number of hydrogen-bond donors (Lipinski definition) is 1. The number of fused-ring (bicyclic) bond motifs is 2. The topological polar surface area (TPSA) is 38.3 Å². The average molecular weight is 359 g/mol. The SMILES string of the molecule is CC[C@@H](Oc1cccc2ccccc12)C(=O)N[C@H]1CCCc2ccccc21. The van der Waals surface area contributed by atoms with Crippen LogP contribution in [0.15, 0.2) is 66.7 Å². The highest BCUT2D eigenvalue weighted by Gasteiger charge is 2.26. The van der Waals surface area contributed by atoms with E-state index in [1.54, 1.807) is 0 Å². The van der Waals surface area contributed by atoms with Crippen LogP contribution < -0.4 is 10.1 Å². The molecule has 0 aromatic heterocycles. The molecule has 0 saturated carbocycles. The highest BCUT2D eigenvalue weighted by molar-refractivity contribution is 5.89. The summed E-state index contributed by atoms with van der Waals surface area (Å²) in [7, 11) is 0. The highest BCUT2D eigenvalue weighted by atomic mass is 16.5. The van der Waals surface area contributed by atoms with E-state index in [2.05, 4.69) is 35.6 Å². The van der Waals surface area contributed by atoms with Crippen LogP contribution >= 0.6 is 0 Å². The number of amides is 1. The van der Waals surface area contributed by atoms with Gasteiger partial charge in [0.2, 0.25) is 0 Å². The van der Waals surface area contributed by atoms with E-state index in [4.69, 9.17) is 4.74 Å². The second kappa shape index (κ2) is 7.83. The molecule has 1 aliphatic rings. The van der Waals surface area contributed by atoms with Gasteiger partial charge in [0, 0.05) is 5.39 Å². The Labute approximate surface area is 160 Å². The molecule has 3 heteroatoms. The predicted molar refractivity (Wildman–Crippen MR) is 109 cm³/mol. The van der Waals surface area contributed by atoms with Crippen LogP contribution in [0.1, 0.15) is 43.4 Å². The van der Waals surface area contributed by atoms with Gasteiger partial charge in [0.05, 0.1) is 6.04 Å². The molecule has 0 saturated heterocycles. The van der Waals surface area contributed by atoms with Crippen LogP contribution in [0.5, 0.6) is 5.75 Å². The van der Waals surface area contributed by atoms with Gasteiger partial charge < -0.3 is 10.1 Å². The van der Waals surface area contributed by atoms with Crippen LogP contribution in [0, 0.1) is 0 Å². The summed E-state index contributed by atoms with van der Waals surface area (Å²) < 4.78 is 6.16. The molecule has 0 bridgehead atoms. The van der Waals surface area contributed by atoms with Crippen LogP contribution in [0.25, 0.3) is 10.8 Å². The van der Waals surface area contributed by atoms with Crippen molar-refractivity contribution in [3.63, 3.8) is 0 Å².